The summed E-state index contributed by atoms with van der Waals surface area (Å²) in [6.45, 7) is -1.83. The number of hydrogen-bond acceptors (Lipinski definition) is 3. The Kier molecular flexibility index (Phi) is 4.50. The quantitative estimate of drug-likeness (QED) is 0.847. The van der Waals surface area contributed by atoms with Crippen LogP contribution in [0.1, 0.15) is 5.82 Å². The molecule has 0 bridgehead atoms. The van der Waals surface area contributed by atoms with E-state index >= 15 is 0 Å². The molecule has 1 aromatic rings. The molecule has 5 nitrogen and oxygen atoms in total. The average molecular weight is 251 g/mol. The molecule has 96 valence electrons. The molecular weight excluding hydrogens is 239 g/mol. The maximum absolute atomic E-state index is 11.7. The summed E-state index contributed by atoms with van der Waals surface area (Å²) >= 11 is 0. The molecule has 1 amide bonds. The fraction of sp³-hybridized carbons (Fsp3) is 0.556. The van der Waals surface area contributed by atoms with Crippen molar-refractivity contribution < 1.29 is 22.7 Å². The maximum Gasteiger partial charge on any atom is 0.411 e. The highest BCUT2D eigenvalue weighted by Crippen LogP contribution is 2.14. The first-order chi connectivity index (χ1) is 7.88. The van der Waals surface area contributed by atoms with Gasteiger partial charge in [0, 0.05) is 19.4 Å². The minimum absolute atomic E-state index is 0.196. The summed E-state index contributed by atoms with van der Waals surface area (Å²) in [5.74, 6) is 0.0160. The van der Waals surface area contributed by atoms with Crippen LogP contribution in [-0.4, -0.2) is 47.2 Å². The molecule has 0 unspecified atom stereocenters. The fourth-order valence-corrected chi connectivity index (χ4v) is 1.06. The van der Waals surface area contributed by atoms with Crippen molar-refractivity contribution in [3.05, 3.63) is 18.2 Å². The Hall–Kier alpha value is -1.57. The highest BCUT2D eigenvalue weighted by molar-refractivity contribution is 5.77. The number of rotatable bonds is 5. The van der Waals surface area contributed by atoms with Gasteiger partial charge in [-0.3, -0.25) is 4.79 Å². The Morgan fingerprint density at radius 3 is 2.82 bits per heavy atom. The third-order valence-corrected chi connectivity index (χ3v) is 1.86. The monoisotopic (exact) mass is 251 g/mol. The lowest BCUT2D eigenvalue weighted by molar-refractivity contribution is -0.177. The number of halogens is 3. The summed E-state index contributed by atoms with van der Waals surface area (Å²) in [5, 5.41) is 0. The lowest BCUT2D eigenvalue weighted by Gasteiger charge is -2.16. The molecule has 1 rings (SSSR count). The van der Waals surface area contributed by atoms with Crippen molar-refractivity contribution in [3.63, 3.8) is 0 Å². The molecule has 0 atom stereocenters. The van der Waals surface area contributed by atoms with Gasteiger partial charge in [0.2, 0.25) is 5.91 Å². The number of imidazole rings is 1. The summed E-state index contributed by atoms with van der Waals surface area (Å²) in [6, 6.07) is 0. The third-order valence-electron chi connectivity index (χ3n) is 1.86. The van der Waals surface area contributed by atoms with E-state index in [-0.39, 0.29) is 6.54 Å². The second-order valence-corrected chi connectivity index (χ2v) is 3.39. The predicted molar refractivity (Wildman–Crippen MR) is 51.9 cm³/mol. The van der Waals surface area contributed by atoms with E-state index in [2.05, 4.69) is 14.7 Å². The number of aromatic nitrogens is 2. The zero-order valence-electron chi connectivity index (χ0n) is 9.12. The molecule has 0 saturated heterocycles. The van der Waals surface area contributed by atoms with Gasteiger partial charge in [-0.15, -0.1) is 0 Å². The largest absolute Gasteiger partial charge is 0.411 e. The van der Waals surface area contributed by atoms with Crippen LogP contribution < -0.4 is 0 Å². The number of H-pyrrole nitrogens is 1. The molecule has 0 aliphatic carbocycles. The van der Waals surface area contributed by atoms with E-state index in [0.29, 0.717) is 5.82 Å². The van der Waals surface area contributed by atoms with Crippen molar-refractivity contribution in [2.75, 3.05) is 20.3 Å². The number of aromatic amines is 1. The van der Waals surface area contributed by atoms with Gasteiger partial charge < -0.3 is 14.6 Å². The molecule has 1 heterocycles. The van der Waals surface area contributed by atoms with Gasteiger partial charge in [0.15, 0.2) is 0 Å². The number of amides is 1. The lowest BCUT2D eigenvalue weighted by atomic mass is 10.5. The Bertz CT molecular complexity index is 351. The van der Waals surface area contributed by atoms with Crippen LogP contribution in [0.5, 0.6) is 0 Å². The molecule has 0 aliphatic rings. The standard InChI is InChI=1S/C9H12F3N3O2/c1-15(4-7-13-2-3-14-7)8(16)5-17-6-9(10,11)12/h2-3H,4-6H2,1H3,(H,13,14). The van der Waals surface area contributed by atoms with Crippen LogP contribution in [-0.2, 0) is 16.1 Å². The number of nitrogens with one attached hydrogen (secondary N) is 1. The predicted octanol–water partition coefficient (Wildman–Crippen LogP) is 0.947. The van der Waals surface area contributed by atoms with E-state index in [9.17, 15) is 18.0 Å². The Morgan fingerprint density at radius 1 is 1.59 bits per heavy atom. The van der Waals surface area contributed by atoms with Crippen LogP contribution in [0.15, 0.2) is 12.4 Å². The first kappa shape index (κ1) is 13.5. The van der Waals surface area contributed by atoms with Gasteiger partial charge in [0.1, 0.15) is 19.0 Å². The van der Waals surface area contributed by atoms with Gasteiger partial charge >= 0.3 is 6.18 Å². The van der Waals surface area contributed by atoms with Crippen LogP contribution in [0.4, 0.5) is 13.2 Å². The zero-order chi connectivity index (χ0) is 12.9. The SMILES string of the molecule is CN(Cc1ncc[nH]1)C(=O)COCC(F)(F)F. The van der Waals surface area contributed by atoms with E-state index in [1.165, 1.54) is 18.1 Å². The molecule has 0 fully saturated rings. The lowest BCUT2D eigenvalue weighted by Crippen LogP contribution is -2.31. The van der Waals surface area contributed by atoms with Crippen LogP contribution in [0.2, 0.25) is 0 Å². The molecular formula is C9H12F3N3O2. The first-order valence-electron chi connectivity index (χ1n) is 4.75. The summed E-state index contributed by atoms with van der Waals surface area (Å²) in [7, 11) is 1.46. The topological polar surface area (TPSA) is 58.2 Å². The summed E-state index contributed by atoms with van der Waals surface area (Å²) in [6.07, 6.45) is -1.30. The van der Waals surface area contributed by atoms with Crippen molar-refractivity contribution in [1.29, 1.82) is 0 Å². The molecule has 0 saturated carbocycles. The van der Waals surface area contributed by atoms with Gasteiger partial charge in [-0.05, 0) is 0 Å². The maximum atomic E-state index is 11.7. The minimum atomic E-state index is -4.42. The van der Waals surface area contributed by atoms with Gasteiger partial charge in [0.25, 0.3) is 0 Å². The molecule has 0 aromatic carbocycles. The summed E-state index contributed by atoms with van der Waals surface area (Å²) < 4.78 is 39.5. The second-order valence-electron chi connectivity index (χ2n) is 3.39. The molecule has 0 spiro atoms. The third kappa shape index (κ3) is 5.34. The van der Waals surface area contributed by atoms with Crippen molar-refractivity contribution in [2.45, 2.75) is 12.7 Å². The van der Waals surface area contributed by atoms with Crippen molar-refractivity contribution in [2.24, 2.45) is 0 Å². The Morgan fingerprint density at radius 2 is 2.29 bits per heavy atom. The van der Waals surface area contributed by atoms with E-state index < -0.39 is 25.3 Å². The van der Waals surface area contributed by atoms with Crippen LogP contribution in [0.3, 0.4) is 0 Å². The van der Waals surface area contributed by atoms with Gasteiger partial charge in [-0.2, -0.15) is 13.2 Å². The Labute approximate surface area is 95.6 Å². The zero-order valence-corrected chi connectivity index (χ0v) is 9.12. The van der Waals surface area contributed by atoms with Gasteiger partial charge in [0.05, 0.1) is 6.54 Å². The highest BCUT2D eigenvalue weighted by atomic mass is 19.4. The minimum Gasteiger partial charge on any atom is -0.362 e. The second kappa shape index (κ2) is 5.67. The van der Waals surface area contributed by atoms with Crippen molar-refractivity contribution in [3.8, 4) is 0 Å². The van der Waals surface area contributed by atoms with Crippen LogP contribution in [0, 0.1) is 0 Å². The Balaban J connectivity index is 2.28. The van der Waals surface area contributed by atoms with E-state index in [0.717, 1.165) is 0 Å². The molecule has 0 aliphatic heterocycles. The number of alkyl halides is 3. The number of carbonyl (C=O) groups is 1. The number of hydrogen-bond donors (Lipinski definition) is 1. The normalized spacial score (nSPS) is 11.5. The highest BCUT2D eigenvalue weighted by Gasteiger charge is 2.28. The molecule has 17 heavy (non-hydrogen) atoms. The van der Waals surface area contributed by atoms with E-state index in [1.54, 1.807) is 6.20 Å². The number of ether oxygens (including phenoxy) is 1. The smallest absolute Gasteiger partial charge is 0.362 e. The van der Waals surface area contributed by atoms with Crippen molar-refractivity contribution in [1.82, 2.24) is 14.9 Å². The van der Waals surface area contributed by atoms with E-state index in [4.69, 9.17) is 0 Å². The molecule has 8 heteroatoms. The van der Waals surface area contributed by atoms with E-state index in [1.807, 2.05) is 0 Å². The van der Waals surface area contributed by atoms with Crippen molar-refractivity contribution >= 4 is 5.91 Å². The first-order valence-corrected chi connectivity index (χ1v) is 4.75. The van der Waals surface area contributed by atoms with Gasteiger partial charge in [-0.1, -0.05) is 0 Å². The van der Waals surface area contributed by atoms with Crippen LogP contribution in [0.25, 0.3) is 0 Å². The van der Waals surface area contributed by atoms with Crippen LogP contribution >= 0.6 is 0 Å². The summed E-state index contributed by atoms with van der Waals surface area (Å²) in [5.41, 5.74) is 0. The molecule has 1 N–H and O–H groups in total. The number of likely N-dealkylation sites (N-methyl/N-ethyl adjacent to an activating group) is 1. The summed E-state index contributed by atoms with van der Waals surface area (Å²) in [4.78, 5) is 19.2. The molecule has 1 aromatic heterocycles. The molecule has 0 radical (unpaired) electrons. The number of carbonyl (C=O) groups excluding carboxylic acids is 1. The van der Waals surface area contributed by atoms with Gasteiger partial charge in [-0.25, -0.2) is 4.98 Å². The number of nitrogens with zero attached hydrogens (tertiary/aromatic N) is 2. The fourth-order valence-electron chi connectivity index (χ4n) is 1.06. The average Bonchev–Trinajstić information content (AvgIpc) is 2.68.